The smallest absolute Gasteiger partial charge is 0.423 e. The summed E-state index contributed by atoms with van der Waals surface area (Å²) in [5, 5.41) is 18.0. The quantitative estimate of drug-likeness (QED) is 0.251. The molecule has 0 bridgehead atoms. The molecule has 184 valence electrons. The summed E-state index contributed by atoms with van der Waals surface area (Å²) in [5.41, 5.74) is 8.66. The molecule has 2 aliphatic carbocycles. The lowest BCUT2D eigenvalue weighted by Crippen LogP contribution is -2.30. The third-order valence-corrected chi connectivity index (χ3v) is 7.08. The Bertz CT molecular complexity index is 1240. The van der Waals surface area contributed by atoms with Crippen molar-refractivity contribution in [3.05, 3.63) is 112 Å². The monoisotopic (exact) mass is 542 g/mol. The molecule has 0 atom stereocenters. The normalized spacial score (nSPS) is 13.6. The molecule has 2 N–H and O–H groups in total. The maximum atomic E-state index is 8.98. The number of aromatic nitrogens is 2. The topological polar surface area (TPSA) is 66.2 Å². The van der Waals surface area contributed by atoms with E-state index in [0.717, 1.165) is 23.1 Å². The van der Waals surface area contributed by atoms with E-state index in [4.69, 9.17) is 10.0 Å². The minimum Gasteiger partial charge on any atom is -0.423 e. The summed E-state index contributed by atoms with van der Waals surface area (Å²) in [6, 6.07) is 24.3. The standard InChI is InChI=1S/C15H15N.C10H13BO2.C5H4BrN/c1-2-6-13-11-14(9-8-12(13)5-1)15-7-3-4-10-16-15;12-11(13)10-6-5-8-3-1-2-4-9(8)7-10;6-5-3-1-2-4-7-5/h3-4,7-11H,1-2,5-6H2;5-7,12-13H,1-4H2;1-4H. The van der Waals surface area contributed by atoms with Crippen LogP contribution < -0.4 is 5.46 Å². The molecule has 0 radical (unpaired) electrons. The molecular formula is C30H32BBrN2O2. The zero-order valence-corrected chi connectivity index (χ0v) is 22.1. The zero-order valence-electron chi connectivity index (χ0n) is 20.5. The van der Waals surface area contributed by atoms with Crippen molar-refractivity contribution in [3.63, 3.8) is 0 Å². The summed E-state index contributed by atoms with van der Waals surface area (Å²) in [4.78, 5) is 8.29. The van der Waals surface area contributed by atoms with Crippen LogP contribution in [0.2, 0.25) is 0 Å². The highest BCUT2D eigenvalue weighted by Crippen LogP contribution is 2.26. The molecule has 0 aliphatic heterocycles. The first kappa shape index (κ1) is 26.3. The third-order valence-electron chi connectivity index (χ3n) is 6.61. The first-order valence-electron chi connectivity index (χ1n) is 12.7. The Balaban J connectivity index is 0.000000137. The second-order valence-electron chi connectivity index (χ2n) is 9.17. The van der Waals surface area contributed by atoms with Crippen LogP contribution in [0, 0.1) is 0 Å². The van der Waals surface area contributed by atoms with Crippen molar-refractivity contribution in [2.24, 2.45) is 0 Å². The Hall–Kier alpha value is -2.80. The maximum absolute atomic E-state index is 8.98. The molecule has 2 aliphatic rings. The minimum absolute atomic E-state index is 0.612. The van der Waals surface area contributed by atoms with E-state index in [0.29, 0.717) is 5.46 Å². The van der Waals surface area contributed by atoms with Crippen LogP contribution in [0.15, 0.2) is 89.8 Å². The summed E-state index contributed by atoms with van der Waals surface area (Å²) in [6.45, 7) is 0. The Morgan fingerprint density at radius 2 is 1.19 bits per heavy atom. The summed E-state index contributed by atoms with van der Waals surface area (Å²) in [6.07, 6.45) is 13.4. The summed E-state index contributed by atoms with van der Waals surface area (Å²) < 4.78 is 0.884. The molecule has 6 rings (SSSR count). The van der Waals surface area contributed by atoms with E-state index >= 15 is 0 Å². The Morgan fingerprint density at radius 1 is 0.611 bits per heavy atom. The molecule has 0 fully saturated rings. The Labute approximate surface area is 222 Å². The van der Waals surface area contributed by atoms with Gasteiger partial charge in [0.25, 0.3) is 0 Å². The molecule has 6 heteroatoms. The average molecular weight is 543 g/mol. The number of pyridine rings is 2. The third kappa shape index (κ3) is 7.60. The molecule has 2 heterocycles. The number of hydrogen-bond acceptors (Lipinski definition) is 4. The molecule has 0 spiro atoms. The molecule has 36 heavy (non-hydrogen) atoms. The van der Waals surface area contributed by atoms with E-state index in [1.807, 2.05) is 48.7 Å². The van der Waals surface area contributed by atoms with E-state index < -0.39 is 7.12 Å². The highest BCUT2D eigenvalue weighted by Gasteiger charge is 2.15. The van der Waals surface area contributed by atoms with Crippen LogP contribution in [0.1, 0.15) is 47.9 Å². The summed E-state index contributed by atoms with van der Waals surface area (Å²) in [7, 11) is -1.33. The molecule has 0 saturated carbocycles. The number of fused-ring (bicyclic) bond motifs is 2. The van der Waals surface area contributed by atoms with Gasteiger partial charge in [0.05, 0.1) is 5.69 Å². The van der Waals surface area contributed by atoms with Crippen LogP contribution in [0.5, 0.6) is 0 Å². The van der Waals surface area contributed by atoms with E-state index in [1.54, 1.807) is 12.3 Å². The first-order valence-corrected chi connectivity index (χ1v) is 13.5. The Morgan fingerprint density at radius 3 is 1.72 bits per heavy atom. The lowest BCUT2D eigenvalue weighted by atomic mass is 9.77. The molecule has 2 aromatic carbocycles. The van der Waals surface area contributed by atoms with Crippen molar-refractivity contribution in [1.82, 2.24) is 9.97 Å². The molecular weight excluding hydrogens is 511 g/mol. The van der Waals surface area contributed by atoms with Crippen LogP contribution in [0.4, 0.5) is 0 Å². The second kappa shape index (κ2) is 13.5. The zero-order chi connectivity index (χ0) is 25.2. The number of aryl methyl sites for hydroxylation is 4. The van der Waals surface area contributed by atoms with Gasteiger partial charge in [0.1, 0.15) is 4.60 Å². The van der Waals surface area contributed by atoms with E-state index in [1.165, 1.54) is 66.3 Å². The van der Waals surface area contributed by atoms with Gasteiger partial charge in [-0.3, -0.25) is 4.98 Å². The van der Waals surface area contributed by atoms with Crippen molar-refractivity contribution in [1.29, 1.82) is 0 Å². The van der Waals surface area contributed by atoms with E-state index in [9.17, 15) is 0 Å². The van der Waals surface area contributed by atoms with Gasteiger partial charge in [-0.1, -0.05) is 42.5 Å². The highest BCUT2D eigenvalue weighted by molar-refractivity contribution is 9.10. The van der Waals surface area contributed by atoms with Gasteiger partial charge in [0.15, 0.2) is 0 Å². The molecule has 0 amide bonds. The van der Waals surface area contributed by atoms with Crippen LogP contribution in [-0.4, -0.2) is 27.1 Å². The number of nitrogens with zero attached hydrogens (tertiary/aromatic N) is 2. The van der Waals surface area contributed by atoms with Crippen LogP contribution >= 0.6 is 15.9 Å². The maximum Gasteiger partial charge on any atom is 0.488 e. The Kier molecular flexibility index (Phi) is 9.85. The number of benzene rings is 2. The molecule has 4 aromatic rings. The number of halogens is 1. The van der Waals surface area contributed by atoms with Gasteiger partial charge < -0.3 is 10.0 Å². The predicted molar refractivity (Wildman–Crippen MR) is 151 cm³/mol. The molecule has 0 saturated heterocycles. The van der Waals surface area contributed by atoms with Gasteiger partial charge in [-0.25, -0.2) is 4.98 Å². The van der Waals surface area contributed by atoms with Gasteiger partial charge in [0.2, 0.25) is 0 Å². The van der Waals surface area contributed by atoms with Crippen molar-refractivity contribution < 1.29 is 10.0 Å². The number of hydrogen-bond donors (Lipinski definition) is 2. The summed E-state index contributed by atoms with van der Waals surface area (Å²) >= 11 is 3.20. The SMILES string of the molecule is Brc1ccccn1.OB(O)c1ccc2c(c1)CCCC2.c1ccc(-c2ccc3c(c2)CCCC3)nc1. The molecule has 4 nitrogen and oxygen atoms in total. The fourth-order valence-corrected chi connectivity index (χ4v) is 4.95. The van der Waals surface area contributed by atoms with Gasteiger partial charge >= 0.3 is 7.12 Å². The lowest BCUT2D eigenvalue weighted by molar-refractivity contribution is 0.425. The lowest BCUT2D eigenvalue weighted by Gasteiger charge is -2.16. The fraction of sp³-hybridized carbons (Fsp3) is 0.267. The fourth-order valence-electron chi connectivity index (χ4n) is 4.68. The van der Waals surface area contributed by atoms with Crippen LogP contribution in [-0.2, 0) is 25.7 Å². The second-order valence-corrected chi connectivity index (χ2v) is 9.98. The van der Waals surface area contributed by atoms with Gasteiger partial charge in [0, 0.05) is 18.0 Å². The molecule has 0 unspecified atom stereocenters. The van der Waals surface area contributed by atoms with Gasteiger partial charge in [-0.2, -0.15) is 0 Å². The molecule has 2 aromatic heterocycles. The largest absolute Gasteiger partial charge is 0.488 e. The summed E-state index contributed by atoms with van der Waals surface area (Å²) in [5.74, 6) is 0. The predicted octanol–water partition coefficient (Wildman–Crippen LogP) is 5.72. The van der Waals surface area contributed by atoms with Crippen molar-refractivity contribution in [2.75, 3.05) is 0 Å². The van der Waals surface area contributed by atoms with Gasteiger partial charge in [-0.15, -0.1) is 0 Å². The first-order chi connectivity index (χ1) is 17.6. The van der Waals surface area contributed by atoms with Crippen molar-refractivity contribution in [3.8, 4) is 11.3 Å². The van der Waals surface area contributed by atoms with Crippen molar-refractivity contribution in [2.45, 2.75) is 51.4 Å². The van der Waals surface area contributed by atoms with Gasteiger partial charge in [-0.05, 0) is 125 Å². The van der Waals surface area contributed by atoms with Crippen LogP contribution in [0.25, 0.3) is 11.3 Å². The van der Waals surface area contributed by atoms with Crippen LogP contribution in [0.3, 0.4) is 0 Å². The minimum atomic E-state index is -1.33. The van der Waals surface area contributed by atoms with Crippen molar-refractivity contribution >= 4 is 28.5 Å². The highest BCUT2D eigenvalue weighted by atomic mass is 79.9. The average Bonchev–Trinajstić information content (AvgIpc) is 2.94. The van der Waals surface area contributed by atoms with E-state index in [-0.39, 0.29) is 0 Å². The van der Waals surface area contributed by atoms with E-state index in [2.05, 4.69) is 50.2 Å². The number of rotatable bonds is 2.